The van der Waals surface area contributed by atoms with Gasteiger partial charge in [-0.2, -0.15) is 5.10 Å². The van der Waals surface area contributed by atoms with Crippen LogP contribution in [-0.2, 0) is 0 Å². The summed E-state index contributed by atoms with van der Waals surface area (Å²) in [5.41, 5.74) is -0.588. The highest BCUT2D eigenvalue weighted by Crippen LogP contribution is 2.19. The number of aromatic amines is 1. The Morgan fingerprint density at radius 2 is 2.11 bits per heavy atom. The number of nitrogens with zero attached hydrogens (tertiary/aromatic N) is 1. The molecule has 6 nitrogen and oxygen atoms in total. The maximum absolute atomic E-state index is 13.3. The zero-order valence-electron chi connectivity index (χ0n) is 8.98. The van der Waals surface area contributed by atoms with Crippen LogP contribution < -0.4 is 10.9 Å². The Labute approximate surface area is 100 Å². The molecule has 0 saturated heterocycles. The second-order valence-corrected chi connectivity index (χ2v) is 3.42. The van der Waals surface area contributed by atoms with Crippen LogP contribution in [0.2, 0.25) is 0 Å². The predicted molar refractivity (Wildman–Crippen MR) is 60.9 cm³/mol. The number of hydrogen-bond donors (Lipinski definition) is 3. The van der Waals surface area contributed by atoms with Crippen LogP contribution in [0.15, 0.2) is 35.1 Å². The molecule has 0 aliphatic rings. The average molecular weight is 249 g/mol. The first kappa shape index (κ1) is 11.8. The first-order valence-corrected chi connectivity index (χ1v) is 4.92. The highest BCUT2D eigenvalue weighted by Gasteiger charge is 2.11. The highest BCUT2D eigenvalue weighted by molar-refractivity contribution is 6.02. The van der Waals surface area contributed by atoms with Crippen molar-refractivity contribution in [2.24, 2.45) is 0 Å². The number of H-pyrrole nitrogens is 1. The molecule has 2 rings (SSSR count). The molecule has 1 amide bonds. The number of hydrogen-bond acceptors (Lipinski definition) is 4. The molecule has 0 fully saturated rings. The lowest BCUT2D eigenvalue weighted by atomic mass is 10.2. The number of aromatic nitrogens is 2. The van der Waals surface area contributed by atoms with Gasteiger partial charge in [-0.15, -0.1) is 0 Å². The molecule has 0 aliphatic heterocycles. The minimum Gasteiger partial charge on any atom is -0.508 e. The quantitative estimate of drug-likeness (QED) is 0.688. The minimum atomic E-state index is -0.771. The summed E-state index contributed by atoms with van der Waals surface area (Å²) in [6, 6.07) is 5.67. The zero-order valence-corrected chi connectivity index (χ0v) is 8.98. The number of aromatic hydroxyl groups is 1. The van der Waals surface area contributed by atoms with Crippen LogP contribution in [0.3, 0.4) is 0 Å². The molecule has 0 saturated carbocycles. The molecule has 7 heteroatoms. The van der Waals surface area contributed by atoms with Gasteiger partial charge in [-0.1, -0.05) is 0 Å². The third-order valence-electron chi connectivity index (χ3n) is 2.11. The molecule has 2 aromatic rings. The van der Waals surface area contributed by atoms with Crippen molar-refractivity contribution in [3.63, 3.8) is 0 Å². The van der Waals surface area contributed by atoms with E-state index in [2.05, 4.69) is 15.5 Å². The third kappa shape index (κ3) is 2.51. The molecule has 92 valence electrons. The van der Waals surface area contributed by atoms with Crippen LogP contribution in [0.25, 0.3) is 0 Å². The molecule has 1 aromatic carbocycles. The minimum absolute atomic E-state index is 0.0536. The van der Waals surface area contributed by atoms with Crippen LogP contribution in [0.1, 0.15) is 10.5 Å². The monoisotopic (exact) mass is 249 g/mol. The maximum Gasteiger partial charge on any atom is 0.276 e. The number of anilines is 1. The second-order valence-electron chi connectivity index (χ2n) is 3.42. The maximum atomic E-state index is 13.3. The van der Waals surface area contributed by atoms with Crippen molar-refractivity contribution >= 4 is 11.6 Å². The lowest BCUT2D eigenvalue weighted by Crippen LogP contribution is -2.18. The molecule has 0 unspecified atom stereocenters. The van der Waals surface area contributed by atoms with Crippen LogP contribution in [0, 0.1) is 5.82 Å². The molecule has 1 heterocycles. The Balaban J connectivity index is 2.21. The van der Waals surface area contributed by atoms with E-state index in [0.717, 1.165) is 12.1 Å². The van der Waals surface area contributed by atoms with E-state index in [0.29, 0.717) is 0 Å². The number of phenols is 1. The fourth-order valence-electron chi connectivity index (χ4n) is 1.26. The van der Waals surface area contributed by atoms with Crippen molar-refractivity contribution in [1.29, 1.82) is 0 Å². The number of rotatable bonds is 2. The zero-order chi connectivity index (χ0) is 13.1. The Bertz CT molecular complexity index is 634. The van der Waals surface area contributed by atoms with Gasteiger partial charge < -0.3 is 10.4 Å². The summed E-state index contributed by atoms with van der Waals surface area (Å²) in [4.78, 5) is 22.4. The molecule has 0 radical (unpaired) electrons. The summed E-state index contributed by atoms with van der Waals surface area (Å²) in [6.45, 7) is 0. The van der Waals surface area contributed by atoms with Crippen molar-refractivity contribution in [1.82, 2.24) is 10.2 Å². The van der Waals surface area contributed by atoms with Crippen LogP contribution in [0.4, 0.5) is 10.1 Å². The molecule has 0 aliphatic carbocycles. The van der Waals surface area contributed by atoms with Crippen molar-refractivity contribution in [2.45, 2.75) is 0 Å². The van der Waals surface area contributed by atoms with Gasteiger partial charge in [-0.05, 0) is 18.2 Å². The number of carbonyl (C=O) groups excluding carboxylic acids is 1. The van der Waals surface area contributed by atoms with Gasteiger partial charge in [0.1, 0.15) is 17.3 Å². The van der Waals surface area contributed by atoms with E-state index < -0.39 is 17.3 Å². The molecule has 0 spiro atoms. The van der Waals surface area contributed by atoms with Gasteiger partial charge >= 0.3 is 0 Å². The van der Waals surface area contributed by atoms with Crippen LogP contribution in [0.5, 0.6) is 5.75 Å². The van der Waals surface area contributed by atoms with Crippen molar-refractivity contribution in [3.8, 4) is 5.75 Å². The molecule has 1 aromatic heterocycles. The second kappa shape index (κ2) is 4.66. The summed E-state index contributed by atoms with van der Waals surface area (Å²) < 4.78 is 13.3. The molecular formula is C11H8FN3O3. The van der Waals surface area contributed by atoms with E-state index >= 15 is 0 Å². The van der Waals surface area contributed by atoms with Gasteiger partial charge in [-0.3, -0.25) is 9.59 Å². The molecule has 18 heavy (non-hydrogen) atoms. The molecule has 0 bridgehead atoms. The molecular weight excluding hydrogens is 241 g/mol. The van der Waals surface area contributed by atoms with Gasteiger partial charge in [-0.25, -0.2) is 9.49 Å². The number of benzene rings is 1. The van der Waals surface area contributed by atoms with E-state index in [-0.39, 0.29) is 17.1 Å². The van der Waals surface area contributed by atoms with E-state index in [1.54, 1.807) is 0 Å². The number of halogens is 1. The van der Waals surface area contributed by atoms with Crippen molar-refractivity contribution in [3.05, 3.63) is 52.2 Å². The Morgan fingerprint density at radius 3 is 2.72 bits per heavy atom. The van der Waals surface area contributed by atoms with E-state index in [4.69, 9.17) is 5.11 Å². The lowest BCUT2D eigenvalue weighted by molar-refractivity contribution is 0.102. The van der Waals surface area contributed by atoms with Gasteiger partial charge in [0.25, 0.3) is 11.5 Å². The summed E-state index contributed by atoms with van der Waals surface area (Å²) in [5, 5.41) is 16.9. The average Bonchev–Trinajstić information content (AvgIpc) is 2.33. The number of phenolic OH excluding ortho intramolecular Hbond substituents is 1. The summed E-state index contributed by atoms with van der Waals surface area (Å²) >= 11 is 0. The van der Waals surface area contributed by atoms with Gasteiger partial charge in [0.05, 0.1) is 5.69 Å². The van der Waals surface area contributed by atoms with Crippen LogP contribution in [-0.4, -0.2) is 21.2 Å². The fourth-order valence-corrected chi connectivity index (χ4v) is 1.26. The number of nitrogens with one attached hydrogen (secondary N) is 2. The summed E-state index contributed by atoms with van der Waals surface area (Å²) in [7, 11) is 0. The fraction of sp³-hybridized carbons (Fsp3) is 0. The Morgan fingerprint density at radius 1 is 1.33 bits per heavy atom. The van der Waals surface area contributed by atoms with Gasteiger partial charge in [0.2, 0.25) is 0 Å². The lowest BCUT2D eigenvalue weighted by Gasteiger charge is -2.05. The Kier molecular flexibility index (Phi) is 3.05. The largest absolute Gasteiger partial charge is 0.508 e. The number of carbonyl (C=O) groups is 1. The number of amides is 1. The van der Waals surface area contributed by atoms with Gasteiger partial charge in [0, 0.05) is 12.1 Å². The predicted octanol–water partition coefficient (Wildman–Crippen LogP) is 0.867. The standard InChI is InChI=1S/C11H8FN3O3/c12-7-5-6(16)1-2-8(7)13-11(18)9-3-4-10(17)15-14-9/h1-5,16H,(H,13,18)(H,15,17). The topological polar surface area (TPSA) is 95.1 Å². The first-order valence-electron chi connectivity index (χ1n) is 4.92. The Hall–Kier alpha value is -2.70. The molecule has 3 N–H and O–H groups in total. The smallest absolute Gasteiger partial charge is 0.276 e. The summed E-state index contributed by atoms with van der Waals surface area (Å²) in [6.07, 6.45) is 0. The van der Waals surface area contributed by atoms with Gasteiger partial charge in [0.15, 0.2) is 0 Å². The third-order valence-corrected chi connectivity index (χ3v) is 2.11. The van der Waals surface area contributed by atoms with E-state index in [9.17, 15) is 14.0 Å². The van der Waals surface area contributed by atoms with E-state index in [1.165, 1.54) is 18.2 Å². The highest BCUT2D eigenvalue weighted by atomic mass is 19.1. The normalized spacial score (nSPS) is 10.1. The van der Waals surface area contributed by atoms with Crippen LogP contribution >= 0.6 is 0 Å². The SMILES string of the molecule is O=C(Nc1ccc(O)cc1F)c1ccc(=O)[nH]n1. The van der Waals surface area contributed by atoms with E-state index in [1.807, 2.05) is 0 Å². The van der Waals surface area contributed by atoms with Crippen molar-refractivity contribution < 1.29 is 14.3 Å². The first-order chi connectivity index (χ1) is 8.56. The molecule has 0 atom stereocenters. The van der Waals surface area contributed by atoms with Crippen molar-refractivity contribution in [2.75, 3.05) is 5.32 Å². The summed E-state index contributed by atoms with van der Waals surface area (Å²) in [5.74, 6) is -1.68.